The van der Waals surface area contributed by atoms with Crippen molar-refractivity contribution < 1.29 is 222 Å². The molecule has 0 saturated carbocycles. The van der Waals surface area contributed by atoms with Crippen LogP contribution < -0.4 is 21.3 Å². The van der Waals surface area contributed by atoms with Gasteiger partial charge in [0.15, 0.2) is 50.3 Å². The zero-order chi connectivity index (χ0) is 82.5. The summed E-state index contributed by atoms with van der Waals surface area (Å²) in [6, 6.07) is -6.90. The third kappa shape index (κ3) is 20.2. The van der Waals surface area contributed by atoms with Crippen LogP contribution in [0.25, 0.3) is 0 Å². The molecule has 648 valence electrons. The molecule has 9 rings (SSSR count). The molecule has 9 aliphatic rings. The molecule has 49 nitrogen and oxygen atoms in total. The van der Waals surface area contributed by atoms with Gasteiger partial charge in [-0.25, -0.2) is 0 Å². The predicted octanol–water partition coefficient (Wildman–Crippen LogP) is -19.0. The third-order valence-corrected chi connectivity index (χ3v) is 20.6. The molecule has 9 fully saturated rings. The minimum Gasteiger partial charge on any atom is -0.394 e. The molecule has 0 aromatic rings. The number of aliphatic hydroxyl groups excluding tert-OH is 24. The molecule has 49 heteroatoms. The van der Waals surface area contributed by atoms with E-state index in [1.807, 2.05) is 0 Å². The zero-order valence-electron chi connectivity index (χ0n) is 60.7. The van der Waals surface area contributed by atoms with E-state index in [1.54, 1.807) is 0 Å². The highest BCUT2D eigenvalue weighted by Crippen LogP contribution is 2.40. The smallest absolute Gasteiger partial charge is 0.217 e. The lowest BCUT2D eigenvalue weighted by molar-refractivity contribution is -0.398. The normalized spacial score (nSPS) is 48.9. The van der Waals surface area contributed by atoms with Crippen LogP contribution in [0.15, 0.2) is 0 Å². The number of hydrogen-bond donors (Lipinski definition) is 28. The van der Waals surface area contributed by atoms with Gasteiger partial charge >= 0.3 is 0 Å². The lowest BCUT2D eigenvalue weighted by Gasteiger charge is -2.51. The van der Waals surface area contributed by atoms with Gasteiger partial charge in [-0.1, -0.05) is 0 Å². The average molecular weight is 1640 g/mol. The van der Waals surface area contributed by atoms with Crippen molar-refractivity contribution in [1.29, 1.82) is 0 Å². The molecular weight excluding hydrogens is 1530 g/mol. The second kappa shape index (κ2) is 40.3. The van der Waals surface area contributed by atoms with Crippen molar-refractivity contribution in [2.24, 2.45) is 0 Å². The second-order valence-electron chi connectivity index (χ2n) is 28.5. The first kappa shape index (κ1) is 92.1. The minimum atomic E-state index is -2.55. The predicted molar refractivity (Wildman–Crippen MR) is 347 cm³/mol. The molecule has 4 amide bonds. The van der Waals surface area contributed by atoms with Gasteiger partial charge in [-0.05, 0) is 6.92 Å². The lowest BCUT2D eigenvalue weighted by atomic mass is 9.92. The highest BCUT2D eigenvalue weighted by Gasteiger charge is 2.61. The first-order valence-electron chi connectivity index (χ1n) is 36.0. The Hall–Kier alpha value is -3.76. The van der Waals surface area contributed by atoms with E-state index in [0.717, 1.165) is 27.7 Å². The second-order valence-corrected chi connectivity index (χ2v) is 28.5. The Morgan fingerprint density at radius 1 is 0.241 bits per heavy atom. The number of rotatable bonds is 29. The molecule has 0 bridgehead atoms. The summed E-state index contributed by atoms with van der Waals surface area (Å²) in [5.74, 6) is -3.40. The monoisotopic (exact) mass is 1640 g/mol. The summed E-state index contributed by atoms with van der Waals surface area (Å²) in [5, 5.41) is 277. The van der Waals surface area contributed by atoms with Gasteiger partial charge in [-0.15, -0.1) is 0 Å². The van der Waals surface area contributed by atoms with E-state index in [-0.39, 0.29) is 0 Å². The maximum atomic E-state index is 13.0. The van der Waals surface area contributed by atoms with Gasteiger partial charge in [0.05, 0.1) is 71.6 Å². The third-order valence-electron chi connectivity index (χ3n) is 20.6. The summed E-state index contributed by atoms with van der Waals surface area (Å²) >= 11 is 0. The Kier molecular flexibility index (Phi) is 33.2. The molecule has 0 aliphatic carbocycles. The van der Waals surface area contributed by atoms with E-state index in [1.165, 1.54) is 6.92 Å². The van der Waals surface area contributed by atoms with Crippen LogP contribution in [0.4, 0.5) is 0 Å². The van der Waals surface area contributed by atoms with Crippen LogP contribution in [0.3, 0.4) is 0 Å². The molecule has 0 aromatic heterocycles. The van der Waals surface area contributed by atoms with Gasteiger partial charge in [-0.3, -0.25) is 19.2 Å². The number of carbonyl (C=O) groups excluding carboxylic acids is 4. The molecule has 9 saturated heterocycles. The Morgan fingerprint density at radius 2 is 0.491 bits per heavy atom. The first-order valence-corrected chi connectivity index (χ1v) is 36.0. The Labute approximate surface area is 635 Å². The molecule has 0 aromatic carbocycles. The number of amides is 4. The summed E-state index contributed by atoms with van der Waals surface area (Å²) in [7, 11) is 0. The van der Waals surface area contributed by atoms with Crippen molar-refractivity contribution in [1.82, 2.24) is 21.3 Å². The maximum Gasteiger partial charge on any atom is 0.217 e. The van der Waals surface area contributed by atoms with E-state index in [0.29, 0.717) is 0 Å². The molecule has 0 radical (unpaired) electrons. The van der Waals surface area contributed by atoms with Crippen molar-refractivity contribution in [2.45, 2.75) is 311 Å². The quantitative estimate of drug-likeness (QED) is 0.0331. The lowest BCUT2D eigenvalue weighted by Crippen LogP contribution is -2.71. The highest BCUT2D eigenvalue weighted by molar-refractivity contribution is 5.74. The highest BCUT2D eigenvalue weighted by atomic mass is 16.8. The first-order chi connectivity index (χ1) is 53.0. The number of nitrogens with one attached hydrogen (secondary N) is 4. The Balaban J connectivity index is 1.05. The molecule has 112 heavy (non-hydrogen) atoms. The van der Waals surface area contributed by atoms with Gasteiger partial charge in [0.2, 0.25) is 23.6 Å². The van der Waals surface area contributed by atoms with Crippen LogP contribution in [-0.4, -0.2) is 482 Å². The van der Waals surface area contributed by atoms with E-state index < -0.39 is 359 Å². The van der Waals surface area contributed by atoms with Gasteiger partial charge in [0, 0.05) is 27.7 Å². The van der Waals surface area contributed by atoms with E-state index in [4.69, 9.17) is 80.5 Å². The van der Waals surface area contributed by atoms with Crippen molar-refractivity contribution in [2.75, 3.05) is 59.5 Å². The fourth-order valence-corrected chi connectivity index (χ4v) is 14.7. The number of hydrogen-bond acceptors (Lipinski definition) is 45. The van der Waals surface area contributed by atoms with Gasteiger partial charge in [0.25, 0.3) is 0 Å². The maximum absolute atomic E-state index is 13.0. The SMILES string of the molecule is CC(=O)NC1C(O)[C@H](O[C@@H]2OC(CO)[C@H](O)[C@H](O)C2O)[C@H](CO)O[C@H]1OC1[C@@H](OCC2O[C@@H](O[C@@H]3C(CO)O[C@@H](O[C@@H]4C(CO)O[C@@H](C)C(NC(C)=O)[C@H]4O)C(NC(C)=O)[C@H]3O)C(O)[C@@H](O[C@H]3O[C@H](CO)[C@@H](O)C(O)C3O[C@@H]3OC(CO)[C@@H](O[C@@H]4OC(CO)[C@H](O)[C@H](O)C4O)[C@H](O)C3NC(C)=O)[C@@H]2O)OC(CO)[C@@H](O)[C@@H]1O. The summed E-state index contributed by atoms with van der Waals surface area (Å²) in [6.45, 7) is -4.12. The van der Waals surface area contributed by atoms with Crippen molar-refractivity contribution in [3.05, 3.63) is 0 Å². The van der Waals surface area contributed by atoms with Crippen molar-refractivity contribution >= 4 is 23.6 Å². The van der Waals surface area contributed by atoms with Gasteiger partial charge in [-0.2, -0.15) is 0 Å². The Morgan fingerprint density at radius 3 is 0.839 bits per heavy atom. The molecule has 9 heterocycles. The number of carbonyl (C=O) groups is 4. The van der Waals surface area contributed by atoms with E-state index >= 15 is 0 Å². The van der Waals surface area contributed by atoms with Crippen LogP contribution in [0.2, 0.25) is 0 Å². The number of ether oxygens (including phenoxy) is 17. The van der Waals surface area contributed by atoms with Crippen molar-refractivity contribution in [3.63, 3.8) is 0 Å². The summed E-state index contributed by atoms with van der Waals surface area (Å²) < 4.78 is 101. The number of aliphatic hydroxyl groups is 24. The molecule has 9 aliphatic heterocycles. The van der Waals surface area contributed by atoms with E-state index in [9.17, 15) is 142 Å². The summed E-state index contributed by atoms with van der Waals surface area (Å²) in [6.07, 6.45) is -82.9. The van der Waals surface area contributed by atoms with E-state index in [2.05, 4.69) is 21.3 Å². The summed E-state index contributed by atoms with van der Waals surface area (Å²) in [5.41, 5.74) is 0. The molecular formula is C63H106N4O45. The van der Waals surface area contributed by atoms with Gasteiger partial charge < -0.3 is 224 Å². The molecule has 0 spiro atoms. The van der Waals surface area contributed by atoms with Crippen LogP contribution in [-0.2, 0) is 99.7 Å². The van der Waals surface area contributed by atoms with Gasteiger partial charge in [0.1, 0.15) is 213 Å². The zero-order valence-corrected chi connectivity index (χ0v) is 60.7. The topological polar surface area (TPSA) is 759 Å². The summed E-state index contributed by atoms with van der Waals surface area (Å²) in [4.78, 5) is 51.1. The molecule has 18 unspecified atom stereocenters. The van der Waals surface area contributed by atoms with Crippen LogP contribution >= 0.6 is 0 Å². The largest absolute Gasteiger partial charge is 0.394 e. The fourth-order valence-electron chi connectivity index (χ4n) is 14.7. The minimum absolute atomic E-state index is 0.628. The van der Waals surface area contributed by atoms with Crippen LogP contribution in [0, 0.1) is 0 Å². The van der Waals surface area contributed by atoms with Crippen molar-refractivity contribution in [3.8, 4) is 0 Å². The van der Waals surface area contributed by atoms with Crippen LogP contribution in [0.5, 0.6) is 0 Å². The fraction of sp³-hybridized carbons (Fsp3) is 0.937. The van der Waals surface area contributed by atoms with Crippen LogP contribution in [0.1, 0.15) is 34.6 Å². The standard InChI is InChI=1S/C63H106N4O45/c1-15-29(64-16(2)76)38(85)49(24(10-72)97-15)106-56-30(65-17(3)77)39(86)52(27(13-75)102-56)109-61-48(95)53(110-63-55(45(92)36(83)23(9-71)101-63)112-58-32(67-19(5)79)41(88)51(26(12-74)104-58)108-60-47(94)43(90)34(81)21(7-69)99-60)37(84)28(105-61)14-96-62-54(44(91)35(82)22(8-70)100-62)111-57-31(66-18(4)78)40(87)50(25(11-73)103-57)107-59-46(93)42(89)33(80)20(6-68)98-59/h15,20-63,68-75,80-95H,6-14H2,1-5H3,(H,64,76)(H,65,77)(H,66,78)(H,67,79)/t15-,20?,21?,22?,23+,24?,25-,26?,27?,28?,29?,30?,31?,32?,33-,34-,35+,36+,37+,38+,39+,40?,41+,42-,43-,44-,45?,46?,47?,48?,49+,50+,51+,52+,53-,54?,55?,56-,57-,58-,59-,60-,61-,62-,63+/m0/s1. The molecule has 45 atom stereocenters. The Bertz CT molecular complexity index is 2970. The molecule has 28 N–H and O–H groups in total. The average Bonchev–Trinajstić information content (AvgIpc) is 0.983.